The van der Waals surface area contributed by atoms with Gasteiger partial charge >= 0.3 is 6.09 Å². The number of rotatable bonds is 3. The number of carbonyl (C=O) groups excluding carboxylic acids is 2. The summed E-state index contributed by atoms with van der Waals surface area (Å²) in [5, 5.41) is 5.55. The van der Waals surface area contributed by atoms with Crippen LogP contribution in [0, 0.1) is 0 Å². The van der Waals surface area contributed by atoms with E-state index in [0.717, 1.165) is 10.2 Å². The molecule has 0 aliphatic rings. The fraction of sp³-hybridized carbons (Fsp3) is 0.357. The van der Waals surface area contributed by atoms with Gasteiger partial charge in [-0.2, -0.15) is 0 Å². The maximum atomic E-state index is 11.7. The lowest BCUT2D eigenvalue weighted by atomic mass is 10.2. The van der Waals surface area contributed by atoms with E-state index in [1.54, 1.807) is 20.8 Å². The minimum absolute atomic E-state index is 0.162. The summed E-state index contributed by atoms with van der Waals surface area (Å²) < 4.78 is 6.04. The van der Waals surface area contributed by atoms with Crippen LogP contribution >= 0.6 is 11.3 Å². The van der Waals surface area contributed by atoms with Gasteiger partial charge in [0.15, 0.2) is 5.13 Å². The van der Waals surface area contributed by atoms with Crippen molar-refractivity contribution in [2.75, 3.05) is 11.9 Å². The molecule has 1 heterocycles. The molecule has 0 bridgehead atoms. The topological polar surface area (TPSA) is 80.3 Å². The Bertz CT molecular complexity index is 628. The first-order valence-electron chi connectivity index (χ1n) is 6.46. The van der Waals surface area contributed by atoms with Gasteiger partial charge in [-0.1, -0.05) is 23.5 Å². The van der Waals surface area contributed by atoms with E-state index >= 15 is 0 Å². The van der Waals surface area contributed by atoms with Crippen molar-refractivity contribution >= 4 is 38.7 Å². The highest BCUT2D eigenvalue weighted by molar-refractivity contribution is 7.22. The number of alkyl carbamates (subject to hydrolysis) is 1. The summed E-state index contributed by atoms with van der Waals surface area (Å²) in [6.07, 6.45) is -0.623. The summed E-state index contributed by atoms with van der Waals surface area (Å²) in [5.74, 6) is -0.347. The maximum Gasteiger partial charge on any atom is 0.408 e. The minimum Gasteiger partial charge on any atom is -0.444 e. The molecule has 2 aromatic rings. The van der Waals surface area contributed by atoms with Gasteiger partial charge in [0.05, 0.1) is 10.2 Å². The van der Waals surface area contributed by atoms with Crippen molar-refractivity contribution in [3.63, 3.8) is 0 Å². The Morgan fingerprint density at radius 1 is 1.29 bits per heavy atom. The van der Waals surface area contributed by atoms with Crippen LogP contribution in [-0.4, -0.2) is 29.1 Å². The van der Waals surface area contributed by atoms with Crippen molar-refractivity contribution in [3.05, 3.63) is 24.3 Å². The molecule has 2 rings (SSSR count). The zero-order chi connectivity index (χ0) is 15.5. The van der Waals surface area contributed by atoms with Gasteiger partial charge in [-0.05, 0) is 32.9 Å². The molecular formula is C14H17N3O3S. The summed E-state index contributed by atoms with van der Waals surface area (Å²) in [6, 6.07) is 7.61. The van der Waals surface area contributed by atoms with Gasteiger partial charge in [0.25, 0.3) is 0 Å². The predicted molar refractivity (Wildman–Crippen MR) is 82.5 cm³/mol. The van der Waals surface area contributed by atoms with Crippen LogP contribution in [0.4, 0.5) is 9.93 Å². The second-order valence-electron chi connectivity index (χ2n) is 5.39. The van der Waals surface area contributed by atoms with Crippen LogP contribution in [0.25, 0.3) is 10.2 Å². The van der Waals surface area contributed by atoms with Crippen LogP contribution in [0.2, 0.25) is 0 Å². The summed E-state index contributed by atoms with van der Waals surface area (Å²) in [4.78, 5) is 27.5. The average molecular weight is 307 g/mol. The van der Waals surface area contributed by atoms with E-state index in [1.807, 2.05) is 24.3 Å². The molecule has 7 heteroatoms. The molecule has 6 nitrogen and oxygen atoms in total. The van der Waals surface area contributed by atoms with Crippen molar-refractivity contribution in [2.45, 2.75) is 26.4 Å². The van der Waals surface area contributed by atoms with Crippen molar-refractivity contribution in [1.29, 1.82) is 0 Å². The zero-order valence-electron chi connectivity index (χ0n) is 12.1. The number of hydrogen-bond donors (Lipinski definition) is 2. The number of nitrogens with one attached hydrogen (secondary N) is 2. The predicted octanol–water partition coefficient (Wildman–Crippen LogP) is 2.76. The number of anilines is 1. The minimum atomic E-state index is -0.623. The molecule has 1 aromatic heterocycles. The number of ether oxygens (including phenoxy) is 1. The molecule has 0 radical (unpaired) electrons. The molecule has 0 saturated heterocycles. The first kappa shape index (κ1) is 15.2. The third-order valence-corrected chi connectivity index (χ3v) is 3.28. The molecule has 21 heavy (non-hydrogen) atoms. The first-order chi connectivity index (χ1) is 9.83. The number of thiazole rings is 1. The first-order valence-corrected chi connectivity index (χ1v) is 7.27. The standard InChI is InChI=1S/C14H17N3O3S/c1-14(2,3)20-13(19)15-8-11(18)17-12-16-9-6-4-5-7-10(9)21-12/h4-7H,8H2,1-3H3,(H,15,19)(H,16,17,18). The maximum absolute atomic E-state index is 11.7. The van der Waals surface area contributed by atoms with Crippen LogP contribution in [0.3, 0.4) is 0 Å². The van der Waals surface area contributed by atoms with Gasteiger partial charge in [0, 0.05) is 0 Å². The highest BCUT2D eigenvalue weighted by atomic mass is 32.1. The normalized spacial score (nSPS) is 11.2. The van der Waals surface area contributed by atoms with Gasteiger partial charge in [-0.3, -0.25) is 4.79 Å². The molecule has 1 aromatic carbocycles. The van der Waals surface area contributed by atoms with E-state index < -0.39 is 11.7 Å². The summed E-state index contributed by atoms with van der Waals surface area (Å²) in [7, 11) is 0. The molecule has 112 valence electrons. The summed E-state index contributed by atoms with van der Waals surface area (Å²) >= 11 is 1.38. The molecule has 0 saturated carbocycles. The number of benzene rings is 1. The molecule has 0 aliphatic carbocycles. The lowest BCUT2D eigenvalue weighted by molar-refractivity contribution is -0.115. The highest BCUT2D eigenvalue weighted by Gasteiger charge is 2.16. The van der Waals surface area contributed by atoms with Gasteiger partial charge in [0.2, 0.25) is 5.91 Å². The third kappa shape index (κ3) is 4.71. The van der Waals surface area contributed by atoms with Gasteiger partial charge in [-0.25, -0.2) is 9.78 Å². The van der Waals surface area contributed by atoms with Crippen LogP contribution < -0.4 is 10.6 Å². The Morgan fingerprint density at radius 2 is 2.00 bits per heavy atom. The quantitative estimate of drug-likeness (QED) is 0.913. The average Bonchev–Trinajstić information content (AvgIpc) is 2.76. The SMILES string of the molecule is CC(C)(C)OC(=O)NCC(=O)Nc1nc2ccccc2s1. The Morgan fingerprint density at radius 3 is 2.67 bits per heavy atom. The number of aromatic nitrogens is 1. The van der Waals surface area contributed by atoms with Crippen molar-refractivity contribution in [3.8, 4) is 0 Å². The fourth-order valence-corrected chi connectivity index (χ4v) is 2.44. The van der Waals surface area contributed by atoms with E-state index in [-0.39, 0.29) is 12.5 Å². The van der Waals surface area contributed by atoms with Gasteiger partial charge in [-0.15, -0.1) is 0 Å². The molecule has 0 spiro atoms. The lowest BCUT2D eigenvalue weighted by Gasteiger charge is -2.19. The smallest absolute Gasteiger partial charge is 0.408 e. The van der Waals surface area contributed by atoms with Crippen LogP contribution in [-0.2, 0) is 9.53 Å². The number of amides is 2. The zero-order valence-corrected chi connectivity index (χ0v) is 12.9. The number of hydrogen-bond acceptors (Lipinski definition) is 5. The lowest BCUT2D eigenvalue weighted by Crippen LogP contribution is -2.37. The van der Waals surface area contributed by atoms with Crippen LogP contribution in [0.15, 0.2) is 24.3 Å². The largest absolute Gasteiger partial charge is 0.444 e. The van der Waals surface area contributed by atoms with E-state index in [0.29, 0.717) is 5.13 Å². The van der Waals surface area contributed by atoms with E-state index in [9.17, 15) is 9.59 Å². The van der Waals surface area contributed by atoms with E-state index in [2.05, 4.69) is 15.6 Å². The molecule has 0 fully saturated rings. The van der Waals surface area contributed by atoms with Crippen molar-refractivity contribution in [1.82, 2.24) is 10.3 Å². The molecule has 2 N–H and O–H groups in total. The second kappa shape index (κ2) is 6.09. The van der Waals surface area contributed by atoms with Gasteiger partial charge < -0.3 is 15.4 Å². The third-order valence-electron chi connectivity index (χ3n) is 2.33. The Labute approximate surface area is 126 Å². The molecule has 0 atom stereocenters. The van der Waals surface area contributed by atoms with Crippen molar-refractivity contribution < 1.29 is 14.3 Å². The number of nitrogens with zero attached hydrogens (tertiary/aromatic N) is 1. The molecule has 0 aliphatic heterocycles. The number of fused-ring (bicyclic) bond motifs is 1. The Hall–Kier alpha value is -2.15. The van der Waals surface area contributed by atoms with Crippen LogP contribution in [0.5, 0.6) is 0 Å². The molecule has 0 unspecified atom stereocenters. The van der Waals surface area contributed by atoms with Gasteiger partial charge in [0.1, 0.15) is 12.1 Å². The Balaban J connectivity index is 1.86. The number of carbonyl (C=O) groups is 2. The number of para-hydroxylation sites is 1. The van der Waals surface area contributed by atoms with E-state index in [1.165, 1.54) is 11.3 Å². The summed E-state index contributed by atoms with van der Waals surface area (Å²) in [5.41, 5.74) is 0.242. The molecule has 2 amide bonds. The summed E-state index contributed by atoms with van der Waals surface area (Å²) in [6.45, 7) is 5.11. The second-order valence-corrected chi connectivity index (χ2v) is 6.42. The Kier molecular flexibility index (Phi) is 4.42. The van der Waals surface area contributed by atoms with Crippen molar-refractivity contribution in [2.24, 2.45) is 0 Å². The molecular weight excluding hydrogens is 290 g/mol. The van der Waals surface area contributed by atoms with Crippen LogP contribution in [0.1, 0.15) is 20.8 Å². The fourth-order valence-electron chi connectivity index (χ4n) is 1.56. The van der Waals surface area contributed by atoms with E-state index in [4.69, 9.17) is 4.74 Å². The monoisotopic (exact) mass is 307 g/mol. The highest BCUT2D eigenvalue weighted by Crippen LogP contribution is 2.25.